The van der Waals surface area contributed by atoms with Gasteiger partial charge in [0.05, 0.1) is 18.3 Å². The van der Waals surface area contributed by atoms with Gasteiger partial charge in [-0.3, -0.25) is 30.0 Å². The fourth-order valence-electron chi connectivity index (χ4n) is 6.39. The summed E-state index contributed by atoms with van der Waals surface area (Å²) in [5.41, 5.74) is -0.00669. The third kappa shape index (κ3) is 13.3. The molecule has 2 aliphatic rings. The van der Waals surface area contributed by atoms with Crippen molar-refractivity contribution in [1.29, 1.82) is 0 Å². The van der Waals surface area contributed by atoms with Crippen LogP contribution in [0.15, 0.2) is 85.7 Å². The molecule has 1 aromatic heterocycles. The molecular weight excluding hydrogens is 706 g/mol. The van der Waals surface area contributed by atoms with Crippen molar-refractivity contribution in [2.45, 2.75) is 64.9 Å². The van der Waals surface area contributed by atoms with Gasteiger partial charge in [0.2, 0.25) is 17.7 Å². The molecule has 3 aromatic rings. The molecule has 5 amide bonds. The first kappa shape index (κ1) is 45.6. The van der Waals surface area contributed by atoms with E-state index >= 15 is 0 Å². The Balaban J connectivity index is 0.000000263. The highest BCUT2D eigenvalue weighted by Crippen LogP contribution is 2.42. The summed E-state index contributed by atoms with van der Waals surface area (Å²) in [5, 5.41) is 35.3. The van der Waals surface area contributed by atoms with Crippen LogP contribution >= 0.6 is 0 Å². The number of rotatable bonds is 10. The second-order valence-corrected chi connectivity index (χ2v) is 13.6. The number of allylic oxidation sites excluding steroid dienone is 1. The quantitative estimate of drug-likeness (QED) is 0.0836. The summed E-state index contributed by atoms with van der Waals surface area (Å²) in [6, 6.07) is 16.5. The van der Waals surface area contributed by atoms with Crippen LogP contribution in [-0.2, 0) is 20.0 Å². The molecule has 2 fully saturated rings. The lowest BCUT2D eigenvalue weighted by Gasteiger charge is -2.41. The summed E-state index contributed by atoms with van der Waals surface area (Å²) >= 11 is 0. The fourth-order valence-corrected chi connectivity index (χ4v) is 6.39. The van der Waals surface area contributed by atoms with E-state index in [4.69, 9.17) is 14.9 Å². The molecule has 0 bridgehead atoms. The van der Waals surface area contributed by atoms with Crippen molar-refractivity contribution < 1.29 is 44.0 Å². The van der Waals surface area contributed by atoms with Gasteiger partial charge in [0, 0.05) is 37.5 Å². The number of anilines is 1. The number of benzene rings is 2. The maximum Gasteiger partial charge on any atom is 0.337 e. The number of carbonyl (C=O) groups is 5. The topological polar surface area (TPSA) is 207 Å². The third-order valence-corrected chi connectivity index (χ3v) is 9.47. The molecule has 1 saturated heterocycles. The number of urea groups is 1. The third-order valence-electron chi connectivity index (χ3n) is 9.47. The second-order valence-electron chi connectivity index (χ2n) is 13.6. The lowest BCUT2D eigenvalue weighted by Crippen LogP contribution is -2.64. The number of hydrogen-bond acceptors (Lipinski definition) is 10. The number of barbiturate groups is 1. The number of pyridine rings is 1. The van der Waals surface area contributed by atoms with Gasteiger partial charge in [-0.25, -0.2) is 9.59 Å². The summed E-state index contributed by atoms with van der Waals surface area (Å²) in [5.74, 6) is -0.967. The van der Waals surface area contributed by atoms with Gasteiger partial charge in [-0.15, -0.1) is 6.58 Å². The zero-order valence-electron chi connectivity index (χ0n) is 32.5. The lowest BCUT2D eigenvalue weighted by molar-refractivity contribution is -0.148. The molecule has 6 N–H and O–H groups in total. The number of aliphatic hydroxyl groups is 1. The minimum atomic E-state index is -1.20. The van der Waals surface area contributed by atoms with Gasteiger partial charge in [-0.2, -0.15) is 0 Å². The summed E-state index contributed by atoms with van der Waals surface area (Å²) in [6.07, 6.45) is 9.51. The zero-order valence-corrected chi connectivity index (χ0v) is 32.5. The number of aromatic nitrogens is 1. The number of nitrogens with one attached hydrogen (secondary N) is 3. The Morgan fingerprint density at radius 1 is 1.07 bits per heavy atom. The number of amides is 5. The van der Waals surface area contributed by atoms with Crippen LogP contribution in [0.25, 0.3) is 0 Å². The van der Waals surface area contributed by atoms with Crippen molar-refractivity contribution in [3.05, 3.63) is 96.8 Å². The van der Waals surface area contributed by atoms with E-state index in [-0.39, 0.29) is 29.6 Å². The van der Waals surface area contributed by atoms with E-state index in [0.29, 0.717) is 18.0 Å². The minimum absolute atomic E-state index is 0.115. The van der Waals surface area contributed by atoms with E-state index in [9.17, 15) is 29.1 Å². The Morgan fingerprint density at radius 2 is 1.73 bits per heavy atom. The summed E-state index contributed by atoms with van der Waals surface area (Å²) in [4.78, 5) is 61.2. The molecule has 0 spiro atoms. The highest BCUT2D eigenvalue weighted by Gasteiger charge is 2.52. The molecule has 0 radical (unpaired) electrons. The number of aromatic carboxylic acids is 1. The van der Waals surface area contributed by atoms with Crippen LogP contribution in [0.3, 0.4) is 0 Å². The Hall–Kier alpha value is -5.60. The molecule has 55 heavy (non-hydrogen) atoms. The first-order valence-corrected chi connectivity index (χ1v) is 18.0. The molecule has 2 heterocycles. The van der Waals surface area contributed by atoms with Gasteiger partial charge in [-0.05, 0) is 93.4 Å². The van der Waals surface area contributed by atoms with E-state index in [1.165, 1.54) is 50.0 Å². The van der Waals surface area contributed by atoms with Crippen molar-refractivity contribution in [3.8, 4) is 11.5 Å². The molecule has 14 heteroatoms. The number of nitrogens with zero attached hydrogens (tertiary/aromatic N) is 2. The maximum absolute atomic E-state index is 11.9. The Bertz CT molecular complexity index is 1710. The normalized spacial score (nSPS) is 18.9. The number of carboxylic acids is 1. The number of ether oxygens (including phenoxy) is 1. The summed E-state index contributed by atoms with van der Waals surface area (Å²) < 4.78 is 5.29. The van der Waals surface area contributed by atoms with Crippen LogP contribution in [0.2, 0.25) is 0 Å². The van der Waals surface area contributed by atoms with Crippen LogP contribution in [0.5, 0.6) is 11.5 Å². The average molecular weight is 762 g/mol. The molecule has 1 aliphatic carbocycles. The molecular formula is C41H55N5O9. The lowest BCUT2D eigenvalue weighted by atomic mass is 9.70. The van der Waals surface area contributed by atoms with Crippen molar-refractivity contribution in [2.24, 2.45) is 17.3 Å². The minimum Gasteiger partial charge on any atom is -0.508 e. The van der Waals surface area contributed by atoms with Gasteiger partial charge in [-0.1, -0.05) is 51.3 Å². The SMILES string of the molecule is C=CCC1(C(C)CC)C(=O)NC(=O)NC1=O.CC(=O)Nc1ccc(O)cc1.COc1cccc([C@@]2(O)CCCC[C@@H]2CN(C)C)c1.O=C(O)c1cccnc1. The second kappa shape index (κ2) is 21.9. The molecule has 3 atom stereocenters. The molecule has 14 nitrogen and oxygen atoms in total. The predicted molar refractivity (Wildman–Crippen MR) is 209 cm³/mol. The van der Waals surface area contributed by atoms with Gasteiger partial charge in [0.1, 0.15) is 16.9 Å². The molecule has 1 saturated carbocycles. The van der Waals surface area contributed by atoms with E-state index in [0.717, 1.165) is 37.1 Å². The number of aromatic hydroxyl groups is 1. The largest absolute Gasteiger partial charge is 0.508 e. The van der Waals surface area contributed by atoms with Crippen molar-refractivity contribution in [2.75, 3.05) is 33.1 Å². The predicted octanol–water partition coefficient (Wildman–Crippen LogP) is 5.73. The molecule has 298 valence electrons. The van der Waals surface area contributed by atoms with Crippen LogP contribution < -0.4 is 20.7 Å². The Morgan fingerprint density at radius 3 is 2.22 bits per heavy atom. The van der Waals surface area contributed by atoms with E-state index in [1.54, 1.807) is 25.3 Å². The van der Waals surface area contributed by atoms with Crippen molar-refractivity contribution in [3.63, 3.8) is 0 Å². The fraction of sp³-hybridized carbons (Fsp3) is 0.415. The number of methoxy groups -OCH3 is 1. The number of carboxylic acid groups (broad SMARTS) is 1. The molecule has 1 aliphatic heterocycles. The summed E-state index contributed by atoms with van der Waals surface area (Å²) in [7, 11) is 5.81. The highest BCUT2D eigenvalue weighted by molar-refractivity contribution is 6.19. The number of hydrogen-bond donors (Lipinski definition) is 6. The van der Waals surface area contributed by atoms with Crippen molar-refractivity contribution in [1.82, 2.24) is 20.5 Å². The van der Waals surface area contributed by atoms with Crippen LogP contribution in [-0.4, -0.2) is 82.7 Å². The zero-order chi connectivity index (χ0) is 41.2. The van der Waals surface area contributed by atoms with Crippen LogP contribution in [0.4, 0.5) is 10.5 Å². The monoisotopic (exact) mass is 761 g/mol. The smallest absolute Gasteiger partial charge is 0.337 e. The first-order valence-electron chi connectivity index (χ1n) is 18.0. The number of carbonyl (C=O) groups excluding carboxylic acids is 4. The average Bonchev–Trinajstić information content (AvgIpc) is 3.15. The van der Waals surface area contributed by atoms with Crippen LogP contribution in [0.1, 0.15) is 75.2 Å². The van der Waals surface area contributed by atoms with E-state index < -0.39 is 34.8 Å². The number of phenolic OH excluding ortho intramolecular Hbond substituents is 1. The van der Waals surface area contributed by atoms with Gasteiger partial charge < -0.3 is 30.3 Å². The molecule has 5 rings (SSSR count). The van der Waals surface area contributed by atoms with Crippen LogP contribution in [0, 0.1) is 17.3 Å². The standard InChI is InChI=1S/C16H25NO2.C11H16N2O3.C8H9NO2.C6H5NO2/c1-17(2)12-14-7-4-5-10-16(14,18)13-8-6-9-15(11-13)19-3;1-4-6-11(7(3)5-2)8(14)12-10(16)13-9(11)15;1-6(10)9-7-2-4-8(11)5-3-7;8-6(9)5-2-1-3-7-4-5/h6,8-9,11,14,18H,4-5,7,10,12H2,1-3H3;4,7H,1,5-6H2,2-3H3,(H2,12,13,14,15,16);2-5,11H,1H3,(H,9,10);1-4H,(H,8,9)/t14-,16+;;;/m1.../s1. The van der Waals surface area contributed by atoms with E-state index in [1.807, 2.05) is 38.1 Å². The van der Waals surface area contributed by atoms with Crippen molar-refractivity contribution >= 4 is 35.4 Å². The first-order chi connectivity index (χ1) is 26.0. The van der Waals surface area contributed by atoms with Gasteiger partial charge in [0.15, 0.2) is 0 Å². The Labute approximate surface area is 323 Å². The maximum atomic E-state index is 11.9. The number of imide groups is 2. The van der Waals surface area contributed by atoms with E-state index in [2.05, 4.69) is 46.5 Å². The summed E-state index contributed by atoms with van der Waals surface area (Å²) in [6.45, 7) is 9.63. The molecule has 2 aromatic carbocycles. The van der Waals surface area contributed by atoms with Gasteiger partial charge >= 0.3 is 12.0 Å². The Kier molecular flexibility index (Phi) is 18.2. The number of phenols is 1. The van der Waals surface area contributed by atoms with Gasteiger partial charge in [0.25, 0.3) is 0 Å². The molecule has 1 unspecified atom stereocenters. The highest BCUT2D eigenvalue weighted by atomic mass is 16.5.